The van der Waals surface area contributed by atoms with Crippen LogP contribution >= 0.6 is 11.3 Å². The third kappa shape index (κ3) is 2.23. The van der Waals surface area contributed by atoms with Gasteiger partial charge in [0.05, 0.1) is 0 Å². The largest absolute Gasteiger partial charge is 0.383 e. The maximum Gasteiger partial charge on any atom is 0.157 e. The molecule has 0 fully saturated rings. The van der Waals surface area contributed by atoms with E-state index in [0.29, 0.717) is 6.42 Å². The number of rotatable bonds is 3. The summed E-state index contributed by atoms with van der Waals surface area (Å²) in [5, 5.41) is 3.29. The summed E-state index contributed by atoms with van der Waals surface area (Å²) in [5.41, 5.74) is 1.08. The Balaban J connectivity index is 1.89. The molecule has 0 bridgehead atoms. The van der Waals surface area contributed by atoms with Gasteiger partial charge < -0.3 is 5.32 Å². The average Bonchev–Trinajstić information content (AvgIpc) is 2.72. The molecule has 0 saturated heterocycles. The minimum absolute atomic E-state index is 0.245. The molecule has 1 aromatic rings. The third-order valence-corrected chi connectivity index (χ3v) is 3.26. The first-order valence-electron chi connectivity index (χ1n) is 4.76. The summed E-state index contributed by atoms with van der Waals surface area (Å²) >= 11 is 1.80. The first-order chi connectivity index (χ1) is 6.74. The summed E-state index contributed by atoms with van der Waals surface area (Å²) in [6.45, 7) is 2.95. The molecular weight excluding hydrogens is 194 g/mol. The Morgan fingerprint density at radius 2 is 2.29 bits per heavy atom. The molecule has 0 unspecified atom stereocenters. The van der Waals surface area contributed by atoms with Crippen molar-refractivity contribution < 1.29 is 4.79 Å². The maximum atomic E-state index is 11.0. The van der Waals surface area contributed by atoms with E-state index in [4.69, 9.17) is 0 Å². The molecule has 14 heavy (non-hydrogen) atoms. The highest BCUT2D eigenvalue weighted by Gasteiger charge is 2.11. The molecule has 1 aliphatic carbocycles. The monoisotopic (exact) mass is 207 g/mol. The number of allylic oxidation sites excluding steroid dienone is 2. The van der Waals surface area contributed by atoms with Crippen LogP contribution in [0.1, 0.15) is 22.6 Å². The Morgan fingerprint density at radius 3 is 2.86 bits per heavy atom. The van der Waals surface area contributed by atoms with E-state index in [1.807, 2.05) is 0 Å². The van der Waals surface area contributed by atoms with Crippen LogP contribution in [0, 0.1) is 6.92 Å². The van der Waals surface area contributed by atoms with Gasteiger partial charge in [-0.3, -0.25) is 4.79 Å². The van der Waals surface area contributed by atoms with Crippen LogP contribution in [0.3, 0.4) is 0 Å². The van der Waals surface area contributed by atoms with Gasteiger partial charge in [-0.25, -0.2) is 0 Å². The number of carbonyl (C=O) groups excluding carboxylic acids is 1. The van der Waals surface area contributed by atoms with Gasteiger partial charge in [0.2, 0.25) is 0 Å². The van der Waals surface area contributed by atoms with E-state index in [9.17, 15) is 4.79 Å². The minimum atomic E-state index is 0.245. The molecule has 1 N–H and O–H groups in total. The van der Waals surface area contributed by atoms with E-state index in [1.54, 1.807) is 17.4 Å². The molecule has 74 valence electrons. The van der Waals surface area contributed by atoms with Gasteiger partial charge >= 0.3 is 0 Å². The number of hydrogen-bond acceptors (Lipinski definition) is 3. The van der Waals surface area contributed by atoms with Crippen molar-refractivity contribution in [3.05, 3.63) is 33.7 Å². The predicted octanol–water partition coefficient (Wildman–Crippen LogP) is 2.39. The first-order valence-corrected chi connectivity index (χ1v) is 5.58. The Hall–Kier alpha value is -1.09. The second kappa shape index (κ2) is 3.96. The van der Waals surface area contributed by atoms with Gasteiger partial charge in [-0.15, -0.1) is 11.3 Å². The zero-order valence-electron chi connectivity index (χ0n) is 8.17. The summed E-state index contributed by atoms with van der Waals surface area (Å²) < 4.78 is 0. The van der Waals surface area contributed by atoms with Crippen molar-refractivity contribution in [3.63, 3.8) is 0 Å². The molecule has 0 radical (unpaired) electrons. The number of thiophene rings is 1. The second-order valence-corrected chi connectivity index (χ2v) is 4.87. The highest BCUT2D eigenvalue weighted by molar-refractivity contribution is 7.11. The van der Waals surface area contributed by atoms with Crippen molar-refractivity contribution >= 4 is 17.1 Å². The smallest absolute Gasteiger partial charge is 0.157 e. The number of nitrogens with one attached hydrogen (secondary N) is 1. The summed E-state index contributed by atoms with van der Waals surface area (Å²) in [5.74, 6) is 0.245. The summed E-state index contributed by atoms with van der Waals surface area (Å²) in [6, 6.07) is 4.25. The molecule has 3 heteroatoms. The molecule has 0 spiro atoms. The van der Waals surface area contributed by atoms with Crippen LogP contribution in [-0.2, 0) is 11.3 Å². The molecule has 1 aliphatic rings. The number of hydrogen-bond donors (Lipinski definition) is 1. The van der Waals surface area contributed by atoms with Gasteiger partial charge in [-0.1, -0.05) is 0 Å². The molecule has 0 aromatic carbocycles. The lowest BCUT2D eigenvalue weighted by Crippen LogP contribution is -2.09. The fraction of sp³-hybridized carbons (Fsp3) is 0.364. The summed E-state index contributed by atoms with van der Waals surface area (Å²) in [4.78, 5) is 13.6. The molecule has 2 rings (SSSR count). The van der Waals surface area contributed by atoms with E-state index in [0.717, 1.165) is 18.7 Å². The van der Waals surface area contributed by atoms with Gasteiger partial charge in [0.15, 0.2) is 5.78 Å². The van der Waals surface area contributed by atoms with Crippen LogP contribution < -0.4 is 5.32 Å². The zero-order valence-corrected chi connectivity index (χ0v) is 8.99. The molecule has 2 nitrogen and oxygen atoms in total. The minimum Gasteiger partial charge on any atom is -0.383 e. The highest BCUT2D eigenvalue weighted by atomic mass is 32.1. The van der Waals surface area contributed by atoms with Crippen molar-refractivity contribution in [1.29, 1.82) is 0 Å². The summed E-state index contributed by atoms with van der Waals surface area (Å²) in [7, 11) is 0. The summed E-state index contributed by atoms with van der Waals surface area (Å²) in [6.07, 6.45) is 3.27. The van der Waals surface area contributed by atoms with Crippen LogP contribution in [0.4, 0.5) is 0 Å². The van der Waals surface area contributed by atoms with E-state index < -0.39 is 0 Å². The van der Waals surface area contributed by atoms with Crippen LogP contribution in [-0.4, -0.2) is 5.78 Å². The van der Waals surface area contributed by atoms with Crippen LogP contribution in [0.2, 0.25) is 0 Å². The molecule has 0 atom stereocenters. The van der Waals surface area contributed by atoms with E-state index in [1.165, 1.54) is 9.75 Å². The first kappa shape index (κ1) is 9.46. The molecule has 0 aliphatic heterocycles. The Morgan fingerprint density at radius 1 is 1.43 bits per heavy atom. The quantitative estimate of drug-likeness (QED) is 0.824. The van der Waals surface area contributed by atoms with Gasteiger partial charge in [0.25, 0.3) is 0 Å². The standard InChI is InChI=1S/C11H13NOS/c1-8-2-5-11(14-8)7-12-9-3-4-10(13)6-9/h2,5-6,12H,3-4,7H2,1H3. The van der Waals surface area contributed by atoms with Crippen molar-refractivity contribution in [2.45, 2.75) is 26.3 Å². The lowest BCUT2D eigenvalue weighted by molar-refractivity contribution is -0.114. The van der Waals surface area contributed by atoms with Crippen molar-refractivity contribution in [2.24, 2.45) is 0 Å². The maximum absolute atomic E-state index is 11.0. The van der Waals surface area contributed by atoms with E-state index >= 15 is 0 Å². The number of aryl methyl sites for hydroxylation is 1. The molecule has 1 aromatic heterocycles. The molecule has 0 saturated carbocycles. The third-order valence-electron chi connectivity index (χ3n) is 2.26. The zero-order chi connectivity index (χ0) is 9.97. The second-order valence-electron chi connectivity index (χ2n) is 3.50. The SMILES string of the molecule is Cc1ccc(CNC2=CC(=O)CC2)s1. The number of ketones is 1. The number of carbonyl (C=O) groups is 1. The van der Waals surface area contributed by atoms with Crippen LogP contribution in [0.25, 0.3) is 0 Å². The topological polar surface area (TPSA) is 29.1 Å². The fourth-order valence-corrected chi connectivity index (χ4v) is 2.35. The van der Waals surface area contributed by atoms with E-state index in [2.05, 4.69) is 24.4 Å². The van der Waals surface area contributed by atoms with Gasteiger partial charge in [-0.05, 0) is 25.5 Å². The fourth-order valence-electron chi connectivity index (χ4n) is 1.52. The predicted molar refractivity (Wildman–Crippen MR) is 58.2 cm³/mol. The van der Waals surface area contributed by atoms with Crippen molar-refractivity contribution in [1.82, 2.24) is 5.32 Å². The van der Waals surface area contributed by atoms with Gasteiger partial charge in [0.1, 0.15) is 0 Å². The molecule has 0 amide bonds. The highest BCUT2D eigenvalue weighted by Crippen LogP contribution is 2.17. The Labute approximate surface area is 87.6 Å². The van der Waals surface area contributed by atoms with Crippen molar-refractivity contribution in [2.75, 3.05) is 0 Å². The van der Waals surface area contributed by atoms with Crippen molar-refractivity contribution in [3.8, 4) is 0 Å². The normalized spacial score (nSPS) is 15.8. The molecule has 1 heterocycles. The Bertz CT molecular complexity index is 378. The lowest BCUT2D eigenvalue weighted by atomic mass is 10.3. The van der Waals surface area contributed by atoms with Gasteiger partial charge in [-0.2, -0.15) is 0 Å². The Kier molecular flexibility index (Phi) is 2.68. The molecular formula is C11H13NOS. The van der Waals surface area contributed by atoms with Gasteiger partial charge in [0, 0.05) is 34.5 Å². The van der Waals surface area contributed by atoms with E-state index in [-0.39, 0.29) is 5.78 Å². The van der Waals surface area contributed by atoms with Crippen LogP contribution in [0.5, 0.6) is 0 Å². The average molecular weight is 207 g/mol. The van der Waals surface area contributed by atoms with Crippen LogP contribution in [0.15, 0.2) is 23.9 Å². The lowest BCUT2D eigenvalue weighted by Gasteiger charge is -2.03.